The van der Waals surface area contributed by atoms with Crippen LogP contribution in [0.2, 0.25) is 0 Å². The zero-order valence-corrected chi connectivity index (χ0v) is 24.8. The smallest absolute Gasteiger partial charge is 0.381 e. The zero-order valence-electron chi connectivity index (χ0n) is 24.0. The average molecular weight is 605 g/mol. The van der Waals surface area contributed by atoms with Gasteiger partial charge in [-0.05, 0) is 67.1 Å². The second-order valence-corrected chi connectivity index (χ2v) is 11.5. The Morgan fingerprint density at radius 2 is 1.88 bits per heavy atom. The van der Waals surface area contributed by atoms with Gasteiger partial charge in [-0.3, -0.25) is 9.10 Å². The van der Waals surface area contributed by atoms with Crippen LogP contribution in [-0.2, 0) is 34.9 Å². The van der Waals surface area contributed by atoms with Gasteiger partial charge in [0, 0.05) is 56.6 Å². The van der Waals surface area contributed by atoms with E-state index in [2.05, 4.69) is 25.9 Å². The molecule has 1 aliphatic rings. The second kappa shape index (κ2) is 13.5. The van der Waals surface area contributed by atoms with E-state index in [1.807, 2.05) is 26.0 Å². The van der Waals surface area contributed by atoms with Crippen LogP contribution in [0.3, 0.4) is 0 Å². The van der Waals surface area contributed by atoms with E-state index in [1.54, 1.807) is 35.6 Å². The number of halogens is 3. The predicted molar refractivity (Wildman–Crippen MR) is 158 cm³/mol. The largest absolute Gasteiger partial charge is 0.421 e. The molecule has 42 heavy (non-hydrogen) atoms. The van der Waals surface area contributed by atoms with Gasteiger partial charge in [-0.25, -0.2) is 9.19 Å². The number of ether oxygens (including phenoxy) is 1. The maximum Gasteiger partial charge on any atom is 0.421 e. The summed E-state index contributed by atoms with van der Waals surface area (Å²) in [6.07, 6.45) is -0.343. The standard InChI is InChI=1S/C29H35F3N6O3S/c1-5-19-15-20(27(39)35-22-10-12-41-13-11-22)8-9-24(19)36-28-34-17-23(29(30,31)32)26(37-28)33-16-21-7-6-18(2)14-25(21)38(3)42(4)40/h6-9,14-15,17,22H,5,10-13,16H2,1-4H3,(H,35,39)(H2,33,34,36,37). The van der Waals surface area contributed by atoms with E-state index < -0.39 is 28.5 Å². The highest BCUT2D eigenvalue weighted by molar-refractivity contribution is 7.85. The quantitative estimate of drug-likeness (QED) is 0.286. The molecule has 0 radical (unpaired) electrons. The third kappa shape index (κ3) is 7.77. The van der Waals surface area contributed by atoms with Crippen LogP contribution in [0.4, 0.5) is 36.3 Å². The summed E-state index contributed by atoms with van der Waals surface area (Å²) < 4.78 is 60.6. The summed E-state index contributed by atoms with van der Waals surface area (Å²) in [5, 5.41) is 8.85. The summed E-state index contributed by atoms with van der Waals surface area (Å²) >= 11 is 0. The van der Waals surface area contributed by atoms with E-state index in [9.17, 15) is 22.2 Å². The zero-order chi connectivity index (χ0) is 30.4. The van der Waals surface area contributed by atoms with Crippen molar-refractivity contribution >= 4 is 40.0 Å². The Kier molecular flexibility index (Phi) is 10.0. The molecule has 2 heterocycles. The lowest BCUT2D eigenvalue weighted by atomic mass is 10.0. The maximum absolute atomic E-state index is 13.9. The van der Waals surface area contributed by atoms with Crippen LogP contribution in [0.15, 0.2) is 42.6 Å². The minimum absolute atomic E-state index is 0.00776. The van der Waals surface area contributed by atoms with E-state index in [1.165, 1.54) is 6.26 Å². The van der Waals surface area contributed by atoms with Crippen molar-refractivity contribution in [1.82, 2.24) is 15.3 Å². The van der Waals surface area contributed by atoms with E-state index in [0.717, 1.165) is 30.2 Å². The van der Waals surface area contributed by atoms with Crippen molar-refractivity contribution in [2.24, 2.45) is 0 Å². The molecule has 1 saturated heterocycles. The Balaban J connectivity index is 1.56. The fraction of sp³-hybridized carbons (Fsp3) is 0.414. The molecule has 1 unspecified atom stereocenters. The van der Waals surface area contributed by atoms with Gasteiger partial charge in [0.15, 0.2) is 0 Å². The van der Waals surface area contributed by atoms with Crippen molar-refractivity contribution in [2.75, 3.05) is 41.5 Å². The molecule has 1 atom stereocenters. The molecule has 1 fully saturated rings. The van der Waals surface area contributed by atoms with Gasteiger partial charge in [0.05, 0.1) is 5.69 Å². The summed E-state index contributed by atoms with van der Waals surface area (Å²) in [5.74, 6) is -0.610. The van der Waals surface area contributed by atoms with Crippen LogP contribution in [0.25, 0.3) is 0 Å². The Morgan fingerprint density at radius 1 is 1.14 bits per heavy atom. The number of nitrogens with zero attached hydrogens (tertiary/aromatic N) is 3. The molecular weight excluding hydrogens is 569 g/mol. The Labute approximate surface area is 245 Å². The molecule has 0 bridgehead atoms. The summed E-state index contributed by atoms with van der Waals surface area (Å²) in [4.78, 5) is 20.9. The van der Waals surface area contributed by atoms with E-state index in [-0.39, 0.29) is 24.4 Å². The minimum Gasteiger partial charge on any atom is -0.381 e. The molecule has 0 spiro atoms. The van der Waals surface area contributed by atoms with Gasteiger partial charge in [-0.15, -0.1) is 0 Å². The first-order chi connectivity index (χ1) is 20.0. The molecule has 9 nitrogen and oxygen atoms in total. The van der Waals surface area contributed by atoms with Gasteiger partial charge >= 0.3 is 6.18 Å². The Hall–Kier alpha value is -3.71. The van der Waals surface area contributed by atoms with Crippen LogP contribution < -0.4 is 20.3 Å². The Morgan fingerprint density at radius 3 is 2.55 bits per heavy atom. The van der Waals surface area contributed by atoms with Gasteiger partial charge in [-0.2, -0.15) is 18.2 Å². The van der Waals surface area contributed by atoms with Gasteiger partial charge < -0.3 is 20.7 Å². The molecular formula is C29H35F3N6O3S. The molecule has 0 saturated carbocycles. The van der Waals surface area contributed by atoms with Crippen molar-refractivity contribution in [3.8, 4) is 0 Å². The Bertz CT molecular complexity index is 1450. The van der Waals surface area contributed by atoms with Crippen LogP contribution in [0, 0.1) is 6.92 Å². The molecule has 1 amide bonds. The average Bonchev–Trinajstić information content (AvgIpc) is 2.96. The fourth-order valence-corrected chi connectivity index (χ4v) is 5.05. The first-order valence-corrected chi connectivity index (χ1v) is 15.1. The number of hydrogen-bond acceptors (Lipinski definition) is 7. The summed E-state index contributed by atoms with van der Waals surface area (Å²) in [6.45, 7) is 5.03. The molecule has 3 aromatic rings. The van der Waals surface area contributed by atoms with Gasteiger partial charge in [0.25, 0.3) is 5.91 Å². The number of nitrogens with one attached hydrogen (secondary N) is 3. The molecule has 0 aliphatic carbocycles. The number of alkyl halides is 3. The minimum atomic E-state index is -4.69. The number of hydrogen-bond donors (Lipinski definition) is 3. The van der Waals surface area contributed by atoms with Crippen LogP contribution in [0.1, 0.15) is 52.4 Å². The molecule has 13 heteroatoms. The first kappa shape index (κ1) is 31.2. The highest BCUT2D eigenvalue weighted by Crippen LogP contribution is 2.35. The summed E-state index contributed by atoms with van der Waals surface area (Å²) in [6, 6.07) is 10.6. The number of rotatable bonds is 10. The SMILES string of the molecule is CCc1cc(C(=O)NC2CCOCC2)ccc1Nc1ncc(C(F)(F)F)c(NCc2ccc(C)cc2N(C)S(C)=O)n1. The third-order valence-electron chi connectivity index (χ3n) is 7.06. The van der Waals surface area contributed by atoms with E-state index >= 15 is 0 Å². The second-order valence-electron chi connectivity index (χ2n) is 10.1. The van der Waals surface area contributed by atoms with Crippen molar-refractivity contribution in [1.29, 1.82) is 0 Å². The highest BCUT2D eigenvalue weighted by atomic mass is 32.2. The van der Waals surface area contributed by atoms with Crippen LogP contribution in [0.5, 0.6) is 0 Å². The molecule has 1 aromatic heterocycles. The monoisotopic (exact) mass is 604 g/mol. The molecule has 2 aromatic carbocycles. The number of aryl methyl sites for hydroxylation is 2. The van der Waals surface area contributed by atoms with E-state index in [0.29, 0.717) is 42.1 Å². The van der Waals surface area contributed by atoms with Gasteiger partial charge in [0.2, 0.25) is 5.95 Å². The number of amides is 1. The molecule has 1 aliphatic heterocycles. The number of anilines is 4. The first-order valence-electron chi connectivity index (χ1n) is 13.6. The lowest BCUT2D eigenvalue weighted by Crippen LogP contribution is -2.38. The summed E-state index contributed by atoms with van der Waals surface area (Å²) in [5.41, 5.74) is 3.07. The lowest BCUT2D eigenvalue weighted by molar-refractivity contribution is -0.137. The fourth-order valence-electron chi connectivity index (χ4n) is 4.60. The van der Waals surface area contributed by atoms with Crippen molar-refractivity contribution in [2.45, 2.75) is 51.9 Å². The predicted octanol–water partition coefficient (Wildman–Crippen LogP) is 5.36. The molecule has 226 valence electrons. The van der Waals surface area contributed by atoms with Crippen molar-refractivity contribution < 1.29 is 26.9 Å². The van der Waals surface area contributed by atoms with Crippen molar-refractivity contribution in [3.05, 3.63) is 70.4 Å². The topological polar surface area (TPSA) is 108 Å². The highest BCUT2D eigenvalue weighted by Gasteiger charge is 2.35. The molecule has 4 rings (SSSR count). The lowest BCUT2D eigenvalue weighted by Gasteiger charge is -2.23. The number of aromatic nitrogens is 2. The van der Waals surface area contributed by atoms with Crippen LogP contribution in [-0.4, -0.2) is 52.6 Å². The summed E-state index contributed by atoms with van der Waals surface area (Å²) in [7, 11) is 0.337. The maximum atomic E-state index is 13.9. The number of benzene rings is 2. The van der Waals surface area contributed by atoms with Crippen molar-refractivity contribution in [3.63, 3.8) is 0 Å². The third-order valence-corrected chi connectivity index (χ3v) is 8.03. The normalized spacial score (nSPS) is 14.7. The molecule has 3 N–H and O–H groups in total. The number of carbonyl (C=O) groups excluding carboxylic acids is 1. The van der Waals surface area contributed by atoms with Gasteiger partial charge in [-0.1, -0.05) is 19.1 Å². The number of carbonyl (C=O) groups is 1. The van der Waals surface area contributed by atoms with E-state index in [4.69, 9.17) is 4.74 Å². The van der Waals surface area contributed by atoms with Gasteiger partial charge in [0.1, 0.15) is 22.4 Å². The van der Waals surface area contributed by atoms with Crippen LogP contribution >= 0.6 is 0 Å².